The molecule has 1 amide bonds. The molecule has 1 N–H and O–H groups in total. The number of hydrogen-bond acceptors (Lipinski definition) is 2. The second kappa shape index (κ2) is 6.63. The first-order chi connectivity index (χ1) is 10.8. The van der Waals surface area contributed by atoms with Gasteiger partial charge < -0.3 is 10.2 Å². The summed E-state index contributed by atoms with van der Waals surface area (Å²) in [5.41, 5.74) is 4.47. The van der Waals surface area contributed by atoms with Gasteiger partial charge in [0, 0.05) is 30.4 Å². The van der Waals surface area contributed by atoms with Crippen molar-refractivity contribution in [3.8, 4) is 0 Å². The monoisotopic (exact) mass is 328 g/mol. The van der Waals surface area contributed by atoms with Crippen LogP contribution in [0.3, 0.4) is 0 Å². The lowest BCUT2D eigenvalue weighted by atomic mass is 10.1. The number of benzene rings is 2. The fraction of sp³-hybridized carbons (Fsp3) is 0.316. The summed E-state index contributed by atoms with van der Waals surface area (Å²) in [7, 11) is 0. The molecule has 0 bridgehead atoms. The van der Waals surface area contributed by atoms with Gasteiger partial charge in [-0.1, -0.05) is 30.3 Å². The summed E-state index contributed by atoms with van der Waals surface area (Å²) < 4.78 is 0. The molecule has 0 spiro atoms. The van der Waals surface area contributed by atoms with E-state index in [2.05, 4.69) is 23.5 Å². The summed E-state index contributed by atoms with van der Waals surface area (Å²) in [4.78, 5) is 15.0. The number of amides is 1. The second-order valence-electron chi connectivity index (χ2n) is 6.20. The highest BCUT2D eigenvalue weighted by molar-refractivity contribution is 5.95. The average Bonchev–Trinajstić information content (AvgIpc) is 3.29. The smallest absolute Gasteiger partial charge is 0.254 e. The SMILES string of the molecule is Cl.O=C(c1ccc2c(c1)CCN2)N(Cc1ccccc1)C1CC1. The van der Waals surface area contributed by atoms with Gasteiger partial charge in [-0.05, 0) is 48.6 Å². The fourth-order valence-electron chi connectivity index (χ4n) is 3.14. The van der Waals surface area contributed by atoms with E-state index in [1.54, 1.807) is 0 Å². The van der Waals surface area contributed by atoms with Crippen molar-refractivity contribution in [2.75, 3.05) is 11.9 Å². The van der Waals surface area contributed by atoms with Gasteiger partial charge in [-0.2, -0.15) is 0 Å². The van der Waals surface area contributed by atoms with Gasteiger partial charge in [-0.3, -0.25) is 4.79 Å². The third-order valence-corrected chi connectivity index (χ3v) is 4.51. The summed E-state index contributed by atoms with van der Waals surface area (Å²) in [5, 5.41) is 3.35. The molecule has 2 aromatic carbocycles. The Hall–Kier alpha value is -2.00. The molecular weight excluding hydrogens is 308 g/mol. The molecule has 23 heavy (non-hydrogen) atoms. The molecule has 1 aliphatic heterocycles. The van der Waals surface area contributed by atoms with E-state index in [0.29, 0.717) is 12.6 Å². The van der Waals surface area contributed by atoms with Crippen LogP contribution in [0.25, 0.3) is 0 Å². The molecule has 0 atom stereocenters. The molecule has 120 valence electrons. The second-order valence-corrected chi connectivity index (χ2v) is 6.20. The van der Waals surface area contributed by atoms with Gasteiger partial charge in [0.2, 0.25) is 0 Å². The number of hydrogen-bond donors (Lipinski definition) is 1. The fourth-order valence-corrected chi connectivity index (χ4v) is 3.14. The van der Waals surface area contributed by atoms with Crippen molar-refractivity contribution in [3.05, 3.63) is 65.2 Å². The Kier molecular flexibility index (Phi) is 4.58. The highest BCUT2D eigenvalue weighted by Crippen LogP contribution is 2.31. The molecule has 4 heteroatoms. The highest BCUT2D eigenvalue weighted by atomic mass is 35.5. The zero-order valence-corrected chi connectivity index (χ0v) is 13.8. The highest BCUT2D eigenvalue weighted by Gasteiger charge is 2.33. The lowest BCUT2D eigenvalue weighted by molar-refractivity contribution is 0.0730. The first-order valence-electron chi connectivity index (χ1n) is 8.03. The first-order valence-corrected chi connectivity index (χ1v) is 8.03. The van der Waals surface area contributed by atoms with Gasteiger partial charge in [0.1, 0.15) is 0 Å². The summed E-state index contributed by atoms with van der Waals surface area (Å²) >= 11 is 0. The largest absolute Gasteiger partial charge is 0.384 e. The van der Waals surface area contributed by atoms with E-state index in [4.69, 9.17) is 0 Å². The van der Waals surface area contributed by atoms with Gasteiger partial charge in [0.25, 0.3) is 5.91 Å². The number of carbonyl (C=O) groups excluding carboxylic acids is 1. The van der Waals surface area contributed by atoms with Crippen LogP contribution < -0.4 is 5.32 Å². The number of halogens is 1. The van der Waals surface area contributed by atoms with Gasteiger partial charge >= 0.3 is 0 Å². The van der Waals surface area contributed by atoms with Crippen LogP contribution in [-0.4, -0.2) is 23.4 Å². The summed E-state index contributed by atoms with van der Waals surface area (Å²) in [6, 6.07) is 16.8. The normalized spacial score (nSPS) is 15.3. The number of nitrogens with one attached hydrogen (secondary N) is 1. The van der Waals surface area contributed by atoms with Crippen LogP contribution in [0.2, 0.25) is 0 Å². The van der Waals surface area contributed by atoms with Gasteiger partial charge in [-0.25, -0.2) is 0 Å². The number of anilines is 1. The molecule has 1 aliphatic carbocycles. The van der Waals surface area contributed by atoms with Crippen molar-refractivity contribution < 1.29 is 4.79 Å². The molecule has 1 fully saturated rings. The van der Waals surface area contributed by atoms with Crippen molar-refractivity contribution in [2.45, 2.75) is 31.8 Å². The minimum absolute atomic E-state index is 0. The number of carbonyl (C=O) groups is 1. The Bertz CT molecular complexity index is 698. The van der Waals surface area contributed by atoms with Crippen molar-refractivity contribution in [1.82, 2.24) is 4.90 Å². The van der Waals surface area contributed by atoms with Crippen molar-refractivity contribution in [1.29, 1.82) is 0 Å². The third-order valence-electron chi connectivity index (χ3n) is 4.51. The maximum atomic E-state index is 12.9. The molecular formula is C19H21ClN2O. The molecule has 1 heterocycles. The van der Waals surface area contributed by atoms with E-state index in [1.165, 1.54) is 16.8 Å². The molecule has 0 unspecified atom stereocenters. The topological polar surface area (TPSA) is 32.3 Å². The van der Waals surface area contributed by atoms with Gasteiger partial charge in [-0.15, -0.1) is 12.4 Å². The van der Waals surface area contributed by atoms with Crippen molar-refractivity contribution in [2.24, 2.45) is 0 Å². The molecule has 0 saturated heterocycles. The van der Waals surface area contributed by atoms with Crippen LogP contribution >= 0.6 is 12.4 Å². The number of rotatable bonds is 4. The van der Waals surface area contributed by atoms with Crippen molar-refractivity contribution >= 4 is 24.0 Å². The molecule has 1 saturated carbocycles. The molecule has 4 rings (SSSR count). The Morgan fingerprint density at radius 2 is 1.91 bits per heavy atom. The minimum Gasteiger partial charge on any atom is -0.384 e. The first kappa shape index (κ1) is 15.9. The predicted molar refractivity (Wildman–Crippen MR) is 95.2 cm³/mol. The molecule has 0 radical (unpaired) electrons. The van der Waals surface area contributed by atoms with Gasteiger partial charge in [0.05, 0.1) is 0 Å². The standard InChI is InChI=1S/C19H20N2O.ClH/c22-19(16-6-9-18-15(12-16)10-11-20-18)21(17-7-8-17)13-14-4-2-1-3-5-14;/h1-6,9,12,17,20H,7-8,10-11,13H2;1H. The zero-order valence-electron chi connectivity index (χ0n) is 13.0. The molecule has 2 aliphatic rings. The van der Waals surface area contributed by atoms with Crippen LogP contribution in [0.5, 0.6) is 0 Å². The van der Waals surface area contributed by atoms with E-state index in [9.17, 15) is 4.79 Å². The number of fused-ring (bicyclic) bond motifs is 1. The Balaban J connectivity index is 0.00000156. The Morgan fingerprint density at radius 1 is 1.13 bits per heavy atom. The van der Waals surface area contributed by atoms with Crippen LogP contribution in [0, 0.1) is 0 Å². The van der Waals surface area contributed by atoms with Gasteiger partial charge in [0.15, 0.2) is 0 Å². The quantitative estimate of drug-likeness (QED) is 0.923. The third kappa shape index (κ3) is 3.35. The van der Waals surface area contributed by atoms with Crippen LogP contribution in [-0.2, 0) is 13.0 Å². The minimum atomic E-state index is 0. The van der Waals surface area contributed by atoms with E-state index in [1.807, 2.05) is 35.2 Å². The number of nitrogens with zero attached hydrogens (tertiary/aromatic N) is 1. The van der Waals surface area contributed by atoms with Crippen LogP contribution in [0.4, 0.5) is 5.69 Å². The van der Waals surface area contributed by atoms with Crippen LogP contribution in [0.15, 0.2) is 48.5 Å². The average molecular weight is 329 g/mol. The van der Waals surface area contributed by atoms with E-state index in [-0.39, 0.29) is 18.3 Å². The van der Waals surface area contributed by atoms with Crippen molar-refractivity contribution in [3.63, 3.8) is 0 Å². The van der Waals surface area contributed by atoms with E-state index < -0.39 is 0 Å². The maximum absolute atomic E-state index is 12.9. The summed E-state index contributed by atoms with van der Waals surface area (Å²) in [5.74, 6) is 0.168. The molecule has 2 aromatic rings. The predicted octanol–water partition coefficient (Wildman–Crippen LogP) is 3.88. The summed E-state index contributed by atoms with van der Waals surface area (Å²) in [6.07, 6.45) is 3.27. The molecule has 3 nitrogen and oxygen atoms in total. The van der Waals surface area contributed by atoms with E-state index in [0.717, 1.165) is 31.4 Å². The summed E-state index contributed by atoms with van der Waals surface area (Å²) in [6.45, 7) is 1.68. The molecule has 0 aromatic heterocycles. The van der Waals surface area contributed by atoms with Crippen LogP contribution in [0.1, 0.15) is 34.3 Å². The lowest BCUT2D eigenvalue weighted by Gasteiger charge is -2.23. The maximum Gasteiger partial charge on any atom is 0.254 e. The van der Waals surface area contributed by atoms with E-state index >= 15 is 0 Å². The Morgan fingerprint density at radius 3 is 2.65 bits per heavy atom. The lowest BCUT2D eigenvalue weighted by Crippen LogP contribution is -2.32. The Labute approximate surface area is 143 Å². The zero-order chi connectivity index (χ0) is 14.9.